The van der Waals surface area contributed by atoms with Crippen LogP contribution in [0.3, 0.4) is 0 Å². The van der Waals surface area contributed by atoms with Crippen LogP contribution in [0.2, 0.25) is 0 Å². The van der Waals surface area contributed by atoms with Gasteiger partial charge in [-0.1, -0.05) is 468 Å². The van der Waals surface area contributed by atoms with Crippen molar-refractivity contribution in [2.75, 3.05) is 0 Å². The van der Waals surface area contributed by atoms with Crippen LogP contribution in [0.4, 0.5) is 0 Å². The molecule has 0 aliphatic carbocycles. The predicted molar refractivity (Wildman–Crippen MR) is 555 cm³/mol. The molecule has 8 atom stereocenters. The monoisotopic (exact) mass is 1820 g/mol. The number of fused-ring (bicyclic) bond motifs is 1. The molecule has 0 spiro atoms. The molecule has 18 heteroatoms. The van der Waals surface area contributed by atoms with E-state index in [2.05, 4.69) is 477 Å². The first-order valence-electron chi connectivity index (χ1n) is 47.2. The number of nitrogens with one attached hydrogen (secondary N) is 8. The third-order valence-corrected chi connectivity index (χ3v) is 25.0. The minimum Gasteiger partial charge on any atom is -0.334 e. The number of hydrazine groups is 4. The van der Waals surface area contributed by atoms with E-state index in [1.165, 1.54) is 60.8 Å². The number of ether oxygens (including phenoxy) is 4. The molecule has 0 saturated carbocycles. The highest BCUT2D eigenvalue weighted by Gasteiger charge is 2.33. The maximum absolute atomic E-state index is 6.19. The first kappa shape index (κ1) is 94.0. The van der Waals surface area contributed by atoms with Crippen molar-refractivity contribution in [1.29, 1.82) is 0 Å². The molecular formula is C120H118N14O4. The third kappa shape index (κ3) is 22.8. The molecular weight excluding hydrogens is 1700 g/mol. The van der Waals surface area contributed by atoms with Gasteiger partial charge in [-0.3, -0.25) is 9.13 Å². The lowest BCUT2D eigenvalue weighted by Crippen LogP contribution is -2.27. The van der Waals surface area contributed by atoms with Crippen LogP contribution >= 0.6 is 0 Å². The quantitative estimate of drug-likeness (QED) is 0.0455. The van der Waals surface area contributed by atoms with Crippen LogP contribution in [0.25, 0.3) is 90.0 Å². The second-order valence-corrected chi connectivity index (χ2v) is 38.1. The summed E-state index contributed by atoms with van der Waals surface area (Å²) in [6.45, 7) is 24.2. The van der Waals surface area contributed by atoms with Crippen molar-refractivity contribution in [1.82, 2.24) is 72.9 Å². The standard InChI is InChI=1S/C30H27N3.C24H26N4O2.C24H17N3.C24H26N2O.C18H22N2O/c1-30(2,3)26-20-18-25(19-21-26)29-32-31-28(33(29)27-12-8-5-9-13-27)24-16-14-23(15-17-24)22-10-6-4-7-11-22;1-15-6-10-17(11-7-15)21-25-27-23(29-21)19-4-3-5-20(14-19)24-28-26-22(30-24)18-12-8-16(2)9-13-18;1-3-11-19(12-4-1)23-25-26-24(20-13-5-2-6-14-20)27(23)22-17-9-15-18-10-7-8-16-21(18)22;1-24(2,3)21-15-13-20(14-16-21)23-26-25-22(27-23)19-11-9-18(10-12-19)17-7-5-4-6-8-17;1-18(2,3)15-11-9-14(10-12-15)17-20-19-16(21-17)13-7-5-4-6-8-13/h4-21H,1-3H3;3-14,21-28H,1-2H3;1-17H;4-16,22-23,25-26H,1-3H3;4-12,16-17,19-20H,1-3H3. The Morgan fingerprint density at radius 3 is 0.804 bits per heavy atom. The summed E-state index contributed by atoms with van der Waals surface area (Å²) in [5, 5.41) is 20.7. The molecule has 0 amide bonds. The Hall–Kier alpha value is -14.4. The summed E-state index contributed by atoms with van der Waals surface area (Å²) in [5.74, 6) is 3.34. The number of aryl methyl sites for hydroxylation is 2. The van der Waals surface area contributed by atoms with E-state index in [4.69, 9.17) is 18.9 Å². The smallest absolute Gasteiger partial charge is 0.168 e. The van der Waals surface area contributed by atoms with E-state index < -0.39 is 0 Å². The maximum Gasteiger partial charge on any atom is 0.168 e. The van der Waals surface area contributed by atoms with Crippen molar-refractivity contribution in [2.45, 2.75) is 142 Å². The van der Waals surface area contributed by atoms with Crippen LogP contribution in [-0.2, 0) is 35.2 Å². The van der Waals surface area contributed by atoms with E-state index in [0.29, 0.717) is 0 Å². The van der Waals surface area contributed by atoms with Crippen LogP contribution in [0, 0.1) is 13.8 Å². The van der Waals surface area contributed by atoms with Gasteiger partial charge in [0.05, 0.1) is 5.69 Å². The lowest BCUT2D eigenvalue weighted by molar-refractivity contribution is 0.0304. The summed E-state index contributed by atoms with van der Waals surface area (Å²) in [6, 6.07) is 144. The molecule has 0 radical (unpaired) electrons. The molecule has 4 aliphatic rings. The second kappa shape index (κ2) is 42.9. The fraction of sp³-hybridized carbons (Fsp3) is 0.183. The summed E-state index contributed by atoms with van der Waals surface area (Å²) < 4.78 is 28.9. The largest absolute Gasteiger partial charge is 0.334 e. The number of benzene rings is 16. The van der Waals surface area contributed by atoms with Crippen molar-refractivity contribution < 1.29 is 18.9 Å². The summed E-state index contributed by atoms with van der Waals surface area (Å²) in [6.07, 6.45) is -1.40. The van der Waals surface area contributed by atoms with E-state index in [9.17, 15) is 0 Å². The Morgan fingerprint density at radius 2 is 0.442 bits per heavy atom. The highest BCUT2D eigenvalue weighted by Crippen LogP contribution is 2.40. The minimum atomic E-state index is -0.237. The molecule has 4 fully saturated rings. The zero-order valence-electron chi connectivity index (χ0n) is 79.8. The summed E-state index contributed by atoms with van der Waals surface area (Å²) in [5.41, 5.74) is 52.6. The zero-order valence-corrected chi connectivity index (χ0v) is 79.8. The predicted octanol–water partition coefficient (Wildman–Crippen LogP) is 26.5. The molecule has 138 heavy (non-hydrogen) atoms. The highest BCUT2D eigenvalue weighted by atomic mass is 16.6. The van der Waals surface area contributed by atoms with Crippen LogP contribution in [0.1, 0.15) is 184 Å². The fourth-order valence-electron chi connectivity index (χ4n) is 17.0. The van der Waals surface area contributed by atoms with Gasteiger partial charge in [0, 0.05) is 33.3 Å². The van der Waals surface area contributed by atoms with Crippen molar-refractivity contribution >= 4 is 10.8 Å². The summed E-state index contributed by atoms with van der Waals surface area (Å²) >= 11 is 0. The van der Waals surface area contributed by atoms with Gasteiger partial charge in [0.1, 0.15) is 49.8 Å². The molecule has 8 N–H and O–H groups in total. The maximum atomic E-state index is 6.19. The van der Waals surface area contributed by atoms with E-state index in [-0.39, 0.29) is 66.1 Å². The van der Waals surface area contributed by atoms with Crippen LogP contribution in [-0.4, -0.2) is 29.5 Å². The molecule has 0 bridgehead atoms. The number of hydrogen-bond acceptors (Lipinski definition) is 16. The van der Waals surface area contributed by atoms with Gasteiger partial charge < -0.3 is 18.9 Å². The van der Waals surface area contributed by atoms with E-state index in [1.54, 1.807) is 0 Å². The minimum absolute atomic E-state index is 0.108. The Balaban J connectivity index is 0.000000115. The molecule has 2 aromatic heterocycles. The molecule has 18 aromatic rings. The summed E-state index contributed by atoms with van der Waals surface area (Å²) in [4.78, 5) is 0. The average molecular weight is 1820 g/mol. The van der Waals surface area contributed by atoms with Crippen LogP contribution < -0.4 is 43.4 Å². The highest BCUT2D eigenvalue weighted by molar-refractivity contribution is 5.92. The molecule has 4 aliphatic heterocycles. The number of rotatable bonds is 16. The molecule has 8 unspecified atom stereocenters. The van der Waals surface area contributed by atoms with Gasteiger partial charge in [-0.15, -0.1) is 20.4 Å². The molecule has 16 aromatic carbocycles. The lowest BCUT2D eigenvalue weighted by atomic mass is 9.86. The van der Waals surface area contributed by atoms with Crippen LogP contribution in [0.15, 0.2) is 419 Å². The normalized spacial score (nSPS) is 17.9. The Kier molecular flexibility index (Phi) is 29.2. The third-order valence-electron chi connectivity index (χ3n) is 25.0. The molecule has 6 heterocycles. The van der Waals surface area contributed by atoms with Gasteiger partial charge in [-0.05, 0) is 143 Å². The van der Waals surface area contributed by atoms with Crippen molar-refractivity contribution in [3.63, 3.8) is 0 Å². The molecule has 22 rings (SSSR count). The topological polar surface area (TPSA) is 195 Å². The van der Waals surface area contributed by atoms with Gasteiger partial charge in [0.25, 0.3) is 0 Å². The van der Waals surface area contributed by atoms with Gasteiger partial charge >= 0.3 is 0 Å². The number of hydrogen-bond donors (Lipinski definition) is 8. The Bertz CT molecular complexity index is 6820. The van der Waals surface area contributed by atoms with E-state index in [0.717, 1.165) is 101 Å². The lowest BCUT2D eigenvalue weighted by Gasteiger charge is -2.20. The SMILES string of the molecule is CC(C)(C)c1ccc(-c2nnc(-c3ccc(-c4ccccc4)cc3)n2-c2ccccc2)cc1.CC(C)(C)c1ccc(C2NNC(c3ccc(-c4ccccc4)cc3)O2)cc1.CC(C)(C)c1ccc(C2NNC(c3ccccc3)O2)cc1.Cc1ccc(C2NNC(c3cccc(C4NNC(c5ccc(C)cc5)O4)c3)O2)cc1.c1ccc(-c2nnc(-c3ccccc3)n2-c2cccc3ccccc23)cc1. The summed E-state index contributed by atoms with van der Waals surface area (Å²) in [7, 11) is 0. The van der Waals surface area contributed by atoms with Gasteiger partial charge in [0.2, 0.25) is 0 Å². The van der Waals surface area contributed by atoms with Gasteiger partial charge in [-0.2, -0.15) is 0 Å². The van der Waals surface area contributed by atoms with Crippen LogP contribution in [0.5, 0.6) is 0 Å². The van der Waals surface area contributed by atoms with E-state index >= 15 is 0 Å². The first-order chi connectivity index (χ1) is 67.1. The van der Waals surface area contributed by atoms with Crippen molar-refractivity contribution in [3.05, 3.63) is 491 Å². The Labute approximate surface area is 809 Å². The zero-order chi connectivity index (χ0) is 95.1. The Morgan fingerprint density at radius 1 is 0.210 bits per heavy atom. The number of aromatic nitrogens is 6. The first-order valence-corrected chi connectivity index (χ1v) is 47.2. The second-order valence-electron chi connectivity index (χ2n) is 38.1. The molecule has 18 nitrogen and oxygen atoms in total. The number of para-hydroxylation sites is 1. The fourth-order valence-corrected chi connectivity index (χ4v) is 17.0. The average Bonchev–Trinajstić information content (AvgIpc) is 1.54. The van der Waals surface area contributed by atoms with Gasteiger partial charge in [0.15, 0.2) is 23.3 Å². The molecule has 4 saturated heterocycles. The number of nitrogens with zero attached hydrogens (tertiary/aromatic N) is 6. The van der Waals surface area contributed by atoms with Crippen molar-refractivity contribution in [3.8, 4) is 79.2 Å². The molecule has 692 valence electrons. The van der Waals surface area contributed by atoms with Crippen molar-refractivity contribution in [2.24, 2.45) is 0 Å². The van der Waals surface area contributed by atoms with E-state index in [1.807, 2.05) is 91.0 Å². The van der Waals surface area contributed by atoms with Gasteiger partial charge in [-0.25, -0.2) is 43.4 Å².